The molecule has 0 saturated carbocycles. The molecule has 0 saturated heterocycles. The lowest BCUT2D eigenvalue weighted by Crippen LogP contribution is -2.30. The Morgan fingerprint density at radius 2 is 2.09 bits per heavy atom. The second-order valence-corrected chi connectivity index (χ2v) is 7.33. The molecule has 0 unspecified atom stereocenters. The van der Waals surface area contributed by atoms with Gasteiger partial charge in [0.05, 0.1) is 18.0 Å². The van der Waals surface area contributed by atoms with E-state index in [1.54, 1.807) is 18.2 Å². The van der Waals surface area contributed by atoms with Gasteiger partial charge in [0.25, 0.3) is 5.91 Å². The van der Waals surface area contributed by atoms with Crippen molar-refractivity contribution in [3.05, 3.63) is 64.9 Å². The highest BCUT2D eigenvalue weighted by Gasteiger charge is 2.31. The van der Waals surface area contributed by atoms with Crippen LogP contribution >= 0.6 is 11.6 Å². The SMILES string of the molecule is O=C(COc1ccc(Cl)cc1[C@@H]1CC(=O)Nc2ncnn21)Nc1cccc(C(F)(F)F)c1. The summed E-state index contributed by atoms with van der Waals surface area (Å²) in [6.45, 7) is -0.478. The van der Waals surface area contributed by atoms with Crippen LogP contribution in [0.3, 0.4) is 0 Å². The Balaban J connectivity index is 1.51. The van der Waals surface area contributed by atoms with Crippen molar-refractivity contribution in [3.8, 4) is 5.75 Å². The van der Waals surface area contributed by atoms with E-state index in [0.29, 0.717) is 10.6 Å². The highest BCUT2D eigenvalue weighted by atomic mass is 35.5. The molecular formula is C20H15ClF3N5O3. The fourth-order valence-corrected chi connectivity index (χ4v) is 3.45. The molecule has 32 heavy (non-hydrogen) atoms. The number of nitrogens with one attached hydrogen (secondary N) is 2. The first-order chi connectivity index (χ1) is 15.2. The summed E-state index contributed by atoms with van der Waals surface area (Å²) < 4.78 is 45.7. The van der Waals surface area contributed by atoms with Crippen molar-refractivity contribution in [2.45, 2.75) is 18.6 Å². The number of amides is 2. The maximum atomic E-state index is 12.9. The number of hydrogen-bond acceptors (Lipinski definition) is 5. The van der Waals surface area contributed by atoms with Crippen LogP contribution in [0.15, 0.2) is 48.8 Å². The van der Waals surface area contributed by atoms with E-state index in [4.69, 9.17) is 16.3 Å². The van der Waals surface area contributed by atoms with Gasteiger partial charge < -0.3 is 10.1 Å². The van der Waals surface area contributed by atoms with E-state index in [1.165, 1.54) is 23.1 Å². The predicted octanol–water partition coefficient (Wildman–Crippen LogP) is 3.90. The quantitative estimate of drug-likeness (QED) is 0.595. The van der Waals surface area contributed by atoms with E-state index in [0.717, 1.165) is 12.1 Å². The number of nitrogens with zero attached hydrogens (tertiary/aromatic N) is 3. The number of alkyl halides is 3. The summed E-state index contributed by atoms with van der Waals surface area (Å²) in [7, 11) is 0. The first kappa shape index (κ1) is 21.6. The number of hydrogen-bond donors (Lipinski definition) is 2. The molecule has 3 aromatic rings. The lowest BCUT2D eigenvalue weighted by Gasteiger charge is -2.25. The minimum absolute atomic E-state index is 0.0130. The third-order valence-corrected chi connectivity index (χ3v) is 4.90. The smallest absolute Gasteiger partial charge is 0.416 e. The van der Waals surface area contributed by atoms with Gasteiger partial charge in [0, 0.05) is 16.3 Å². The van der Waals surface area contributed by atoms with Crippen LogP contribution in [0.5, 0.6) is 5.75 Å². The van der Waals surface area contributed by atoms with Gasteiger partial charge >= 0.3 is 6.18 Å². The van der Waals surface area contributed by atoms with Gasteiger partial charge in [0.1, 0.15) is 12.1 Å². The summed E-state index contributed by atoms with van der Waals surface area (Å²) in [5.74, 6) is -0.397. The number of rotatable bonds is 5. The van der Waals surface area contributed by atoms with E-state index in [9.17, 15) is 22.8 Å². The highest BCUT2D eigenvalue weighted by Crippen LogP contribution is 2.36. The van der Waals surface area contributed by atoms with Gasteiger partial charge in [-0.1, -0.05) is 17.7 Å². The third-order valence-electron chi connectivity index (χ3n) is 4.66. The Bertz CT molecular complexity index is 1180. The van der Waals surface area contributed by atoms with E-state index < -0.39 is 30.3 Å². The van der Waals surface area contributed by atoms with Crippen molar-refractivity contribution < 1.29 is 27.5 Å². The first-order valence-corrected chi connectivity index (χ1v) is 9.67. The number of halogens is 4. The average molecular weight is 466 g/mol. The van der Waals surface area contributed by atoms with Crippen molar-refractivity contribution >= 4 is 35.1 Å². The molecule has 2 amide bonds. The Labute approximate surface area is 184 Å². The summed E-state index contributed by atoms with van der Waals surface area (Å²) in [6.07, 6.45) is -3.19. The second-order valence-electron chi connectivity index (χ2n) is 6.89. The summed E-state index contributed by atoms with van der Waals surface area (Å²) in [5.41, 5.74) is -0.387. The normalized spacial score (nSPS) is 15.6. The van der Waals surface area contributed by atoms with Crippen LogP contribution in [0.1, 0.15) is 23.6 Å². The number of anilines is 2. The molecule has 2 aromatic carbocycles. The maximum absolute atomic E-state index is 12.9. The largest absolute Gasteiger partial charge is 0.483 e. The number of carbonyl (C=O) groups excluding carboxylic acids is 2. The van der Waals surface area contributed by atoms with Gasteiger partial charge in [-0.2, -0.15) is 23.3 Å². The zero-order valence-corrected chi connectivity index (χ0v) is 16.9. The molecule has 12 heteroatoms. The molecule has 1 aliphatic heterocycles. The van der Waals surface area contributed by atoms with Crippen LogP contribution in [0.2, 0.25) is 5.02 Å². The molecule has 0 bridgehead atoms. The summed E-state index contributed by atoms with van der Waals surface area (Å²) in [5, 5.41) is 9.47. The standard InChI is InChI=1S/C20H15ClF3N5O3/c21-12-4-5-16(14(7-12)15-8-17(30)28-19-25-10-26-29(15)19)32-9-18(31)27-13-3-1-2-11(6-13)20(22,23)24/h1-7,10,15H,8-9H2,(H,27,31)(H,25,26,28,30)/t15-/m0/s1. The highest BCUT2D eigenvalue weighted by molar-refractivity contribution is 6.30. The molecule has 1 aromatic heterocycles. The second kappa shape index (κ2) is 8.50. The average Bonchev–Trinajstić information content (AvgIpc) is 3.20. The molecule has 1 aliphatic rings. The van der Waals surface area contributed by atoms with Gasteiger partial charge in [0.15, 0.2) is 6.61 Å². The minimum atomic E-state index is -4.53. The molecule has 1 atom stereocenters. The van der Waals surface area contributed by atoms with Crippen molar-refractivity contribution in [2.24, 2.45) is 0 Å². The molecule has 2 N–H and O–H groups in total. The van der Waals surface area contributed by atoms with Crippen molar-refractivity contribution in [3.63, 3.8) is 0 Å². The topological polar surface area (TPSA) is 98.1 Å². The summed E-state index contributed by atoms with van der Waals surface area (Å²) >= 11 is 6.12. The molecule has 166 valence electrons. The molecular weight excluding hydrogens is 451 g/mol. The lowest BCUT2D eigenvalue weighted by atomic mass is 10.0. The van der Waals surface area contributed by atoms with Crippen LogP contribution in [0, 0.1) is 0 Å². The van der Waals surface area contributed by atoms with Gasteiger partial charge in [-0.3, -0.25) is 14.9 Å². The molecule has 0 fully saturated rings. The van der Waals surface area contributed by atoms with Gasteiger partial charge in [-0.05, 0) is 36.4 Å². The van der Waals surface area contributed by atoms with E-state index in [1.807, 2.05) is 0 Å². The predicted molar refractivity (Wildman–Crippen MR) is 108 cm³/mol. The van der Waals surface area contributed by atoms with E-state index >= 15 is 0 Å². The van der Waals surface area contributed by atoms with Crippen LogP contribution in [-0.4, -0.2) is 33.2 Å². The van der Waals surface area contributed by atoms with Gasteiger partial charge in [0.2, 0.25) is 11.9 Å². The number of carbonyl (C=O) groups is 2. The zero-order chi connectivity index (χ0) is 22.9. The van der Waals surface area contributed by atoms with Crippen LogP contribution in [0.4, 0.5) is 24.8 Å². The number of benzene rings is 2. The van der Waals surface area contributed by atoms with Crippen molar-refractivity contribution in [2.75, 3.05) is 17.2 Å². The lowest BCUT2D eigenvalue weighted by molar-refractivity contribution is -0.137. The maximum Gasteiger partial charge on any atom is 0.416 e. The van der Waals surface area contributed by atoms with Gasteiger partial charge in [-0.25, -0.2) is 4.68 Å². The fraction of sp³-hybridized carbons (Fsp3) is 0.200. The first-order valence-electron chi connectivity index (χ1n) is 9.29. The minimum Gasteiger partial charge on any atom is -0.483 e. The van der Waals surface area contributed by atoms with Crippen LogP contribution < -0.4 is 15.4 Å². The zero-order valence-electron chi connectivity index (χ0n) is 16.2. The Hall–Kier alpha value is -3.60. The molecule has 0 radical (unpaired) electrons. The molecule has 0 aliphatic carbocycles. The van der Waals surface area contributed by atoms with Crippen LogP contribution in [0.25, 0.3) is 0 Å². The summed E-state index contributed by atoms with van der Waals surface area (Å²) in [4.78, 5) is 28.3. The van der Waals surface area contributed by atoms with E-state index in [-0.39, 0.29) is 29.7 Å². The third kappa shape index (κ3) is 4.67. The van der Waals surface area contributed by atoms with Gasteiger partial charge in [-0.15, -0.1) is 0 Å². The molecule has 4 rings (SSSR count). The number of ether oxygens (including phenoxy) is 1. The van der Waals surface area contributed by atoms with Crippen molar-refractivity contribution in [1.82, 2.24) is 14.8 Å². The van der Waals surface area contributed by atoms with Crippen molar-refractivity contribution in [1.29, 1.82) is 0 Å². The Morgan fingerprint density at radius 3 is 2.88 bits per heavy atom. The fourth-order valence-electron chi connectivity index (χ4n) is 3.27. The molecule has 8 nitrogen and oxygen atoms in total. The van der Waals surface area contributed by atoms with E-state index in [2.05, 4.69) is 20.7 Å². The number of fused-ring (bicyclic) bond motifs is 1. The Kier molecular flexibility index (Phi) is 5.74. The van der Waals surface area contributed by atoms with Crippen LogP contribution in [-0.2, 0) is 15.8 Å². The summed E-state index contributed by atoms with van der Waals surface area (Å²) in [6, 6.07) is 8.39. The molecule has 2 heterocycles. The number of aromatic nitrogens is 3. The Morgan fingerprint density at radius 1 is 1.28 bits per heavy atom. The monoisotopic (exact) mass is 465 g/mol. The molecule has 0 spiro atoms.